The first-order chi connectivity index (χ1) is 8.90. The maximum Gasteiger partial charge on any atom is 0.255 e. The second kappa shape index (κ2) is 7.13. The molecule has 1 heterocycles. The average Bonchev–Trinajstić information content (AvgIpc) is 2.33. The summed E-state index contributed by atoms with van der Waals surface area (Å²) in [6.45, 7) is 5.01. The minimum Gasteiger partial charge on any atom is -0.393 e. The van der Waals surface area contributed by atoms with Gasteiger partial charge in [-0.2, -0.15) is 0 Å². The standard InChI is InChI=1S/C13H18FN3OS/c1-9(2)8-17(4-3-12(15)19)13(18)10-5-11(14)7-16-6-10/h5-7,9H,3-4,8H2,1-2H3,(H2,15,19). The molecule has 19 heavy (non-hydrogen) atoms. The molecule has 6 heteroatoms. The van der Waals surface area contributed by atoms with E-state index in [2.05, 4.69) is 4.98 Å². The molecule has 0 saturated heterocycles. The van der Waals surface area contributed by atoms with Gasteiger partial charge in [-0.1, -0.05) is 26.1 Å². The Morgan fingerprint density at radius 2 is 2.21 bits per heavy atom. The monoisotopic (exact) mass is 283 g/mol. The van der Waals surface area contributed by atoms with Crippen molar-refractivity contribution in [2.24, 2.45) is 11.7 Å². The van der Waals surface area contributed by atoms with Crippen LogP contribution in [0.25, 0.3) is 0 Å². The molecule has 0 bridgehead atoms. The maximum atomic E-state index is 13.1. The van der Waals surface area contributed by atoms with Gasteiger partial charge in [-0.15, -0.1) is 0 Å². The van der Waals surface area contributed by atoms with Crippen LogP contribution in [0.2, 0.25) is 0 Å². The van der Waals surface area contributed by atoms with Crippen LogP contribution in [0.5, 0.6) is 0 Å². The minimum absolute atomic E-state index is 0.239. The maximum absolute atomic E-state index is 13.1. The van der Waals surface area contributed by atoms with Gasteiger partial charge in [0.05, 0.1) is 16.7 Å². The van der Waals surface area contributed by atoms with Gasteiger partial charge in [-0.05, 0) is 12.0 Å². The van der Waals surface area contributed by atoms with Gasteiger partial charge in [0.15, 0.2) is 0 Å². The Morgan fingerprint density at radius 1 is 1.53 bits per heavy atom. The molecule has 0 unspecified atom stereocenters. The molecule has 0 aliphatic heterocycles. The molecule has 0 radical (unpaired) electrons. The van der Waals surface area contributed by atoms with E-state index in [-0.39, 0.29) is 11.5 Å². The van der Waals surface area contributed by atoms with Gasteiger partial charge in [0.1, 0.15) is 5.82 Å². The van der Waals surface area contributed by atoms with Crippen LogP contribution in [0.1, 0.15) is 30.6 Å². The van der Waals surface area contributed by atoms with Crippen molar-refractivity contribution in [3.8, 4) is 0 Å². The lowest BCUT2D eigenvalue weighted by Gasteiger charge is -2.24. The van der Waals surface area contributed by atoms with Crippen LogP contribution in [0.4, 0.5) is 4.39 Å². The number of carbonyl (C=O) groups is 1. The molecule has 1 aromatic heterocycles. The van der Waals surface area contributed by atoms with Gasteiger partial charge in [0.2, 0.25) is 0 Å². The largest absolute Gasteiger partial charge is 0.393 e. The molecule has 0 aromatic carbocycles. The molecule has 104 valence electrons. The lowest BCUT2D eigenvalue weighted by atomic mass is 10.1. The zero-order valence-corrected chi connectivity index (χ0v) is 11.9. The summed E-state index contributed by atoms with van der Waals surface area (Å²) in [6.07, 6.45) is 2.88. The molecule has 0 aliphatic rings. The topological polar surface area (TPSA) is 59.2 Å². The highest BCUT2D eigenvalue weighted by Crippen LogP contribution is 2.09. The smallest absolute Gasteiger partial charge is 0.255 e. The van der Waals surface area contributed by atoms with Gasteiger partial charge in [0.25, 0.3) is 5.91 Å². The molecule has 1 aromatic rings. The molecule has 0 aliphatic carbocycles. The highest BCUT2D eigenvalue weighted by molar-refractivity contribution is 7.80. The minimum atomic E-state index is -0.523. The fourth-order valence-electron chi connectivity index (χ4n) is 1.67. The third-order valence-electron chi connectivity index (χ3n) is 2.45. The summed E-state index contributed by atoms with van der Waals surface area (Å²) in [5.74, 6) is -0.474. The van der Waals surface area contributed by atoms with E-state index in [1.54, 1.807) is 4.90 Å². The zero-order valence-electron chi connectivity index (χ0n) is 11.1. The van der Waals surface area contributed by atoms with Crippen molar-refractivity contribution in [2.75, 3.05) is 13.1 Å². The highest BCUT2D eigenvalue weighted by Gasteiger charge is 2.17. The predicted molar refractivity (Wildman–Crippen MR) is 76.3 cm³/mol. The average molecular weight is 283 g/mol. The van der Waals surface area contributed by atoms with Crippen LogP contribution in [0.3, 0.4) is 0 Å². The van der Waals surface area contributed by atoms with Crippen molar-refractivity contribution >= 4 is 23.1 Å². The predicted octanol–water partition coefficient (Wildman–Crippen LogP) is 2.00. The van der Waals surface area contributed by atoms with E-state index in [0.717, 1.165) is 6.20 Å². The molecular formula is C13H18FN3OS. The summed E-state index contributed by atoms with van der Waals surface area (Å²) in [5.41, 5.74) is 5.70. The van der Waals surface area contributed by atoms with Crippen molar-refractivity contribution < 1.29 is 9.18 Å². The first kappa shape index (κ1) is 15.5. The van der Waals surface area contributed by atoms with Gasteiger partial charge in [-0.3, -0.25) is 9.78 Å². The van der Waals surface area contributed by atoms with Gasteiger partial charge < -0.3 is 10.6 Å². The summed E-state index contributed by atoms with van der Waals surface area (Å²) >= 11 is 4.82. The Bertz CT molecular complexity index is 465. The molecule has 4 nitrogen and oxygen atoms in total. The SMILES string of the molecule is CC(C)CN(CCC(N)=S)C(=O)c1cncc(F)c1. The van der Waals surface area contributed by atoms with Gasteiger partial charge in [0, 0.05) is 25.7 Å². The molecule has 0 atom stereocenters. The number of carbonyl (C=O) groups excluding carboxylic acids is 1. The Hall–Kier alpha value is -1.56. The second-order valence-corrected chi connectivity index (χ2v) is 5.28. The zero-order chi connectivity index (χ0) is 14.4. The lowest BCUT2D eigenvalue weighted by Crippen LogP contribution is -2.36. The number of amides is 1. The van der Waals surface area contributed by atoms with Crippen LogP contribution in [0, 0.1) is 11.7 Å². The number of pyridine rings is 1. The number of nitrogens with two attached hydrogens (primary N) is 1. The van der Waals surface area contributed by atoms with Crippen molar-refractivity contribution in [2.45, 2.75) is 20.3 Å². The molecule has 1 amide bonds. The molecular weight excluding hydrogens is 265 g/mol. The first-order valence-electron chi connectivity index (χ1n) is 6.08. The van der Waals surface area contributed by atoms with Crippen LogP contribution in [0.15, 0.2) is 18.5 Å². The second-order valence-electron chi connectivity index (χ2n) is 4.75. The summed E-state index contributed by atoms with van der Waals surface area (Å²) in [6, 6.07) is 1.18. The van der Waals surface area contributed by atoms with E-state index in [0.29, 0.717) is 30.4 Å². The van der Waals surface area contributed by atoms with Crippen molar-refractivity contribution in [1.29, 1.82) is 0 Å². The summed E-state index contributed by atoms with van der Waals surface area (Å²) in [4.78, 5) is 18.0. The van der Waals surface area contributed by atoms with Crippen LogP contribution in [-0.2, 0) is 0 Å². The van der Waals surface area contributed by atoms with E-state index in [9.17, 15) is 9.18 Å². The van der Waals surface area contributed by atoms with Crippen molar-refractivity contribution in [3.63, 3.8) is 0 Å². The molecule has 0 saturated carbocycles. The number of rotatable bonds is 6. The van der Waals surface area contributed by atoms with E-state index >= 15 is 0 Å². The number of halogens is 1. The Labute approximate surface area is 117 Å². The normalized spacial score (nSPS) is 10.5. The molecule has 0 spiro atoms. The van der Waals surface area contributed by atoms with Crippen molar-refractivity contribution in [1.82, 2.24) is 9.88 Å². The molecule has 0 fully saturated rings. The van der Waals surface area contributed by atoms with Crippen LogP contribution >= 0.6 is 12.2 Å². The van der Waals surface area contributed by atoms with Crippen molar-refractivity contribution in [3.05, 3.63) is 29.8 Å². The number of aromatic nitrogens is 1. The fourth-order valence-corrected chi connectivity index (χ4v) is 1.76. The first-order valence-corrected chi connectivity index (χ1v) is 6.49. The number of hydrogen-bond acceptors (Lipinski definition) is 3. The van der Waals surface area contributed by atoms with E-state index in [1.807, 2.05) is 13.8 Å². The van der Waals surface area contributed by atoms with Gasteiger partial charge >= 0.3 is 0 Å². The summed E-state index contributed by atoms with van der Waals surface area (Å²) in [5, 5.41) is 0. The van der Waals surface area contributed by atoms with Crippen LogP contribution < -0.4 is 5.73 Å². The van der Waals surface area contributed by atoms with Crippen LogP contribution in [-0.4, -0.2) is 33.9 Å². The Balaban J connectivity index is 2.83. The van der Waals surface area contributed by atoms with Gasteiger partial charge in [-0.25, -0.2) is 4.39 Å². The fraction of sp³-hybridized carbons (Fsp3) is 0.462. The number of thiocarbonyl (C=S) groups is 1. The summed E-state index contributed by atoms with van der Waals surface area (Å²) < 4.78 is 13.1. The number of hydrogen-bond donors (Lipinski definition) is 1. The van der Waals surface area contributed by atoms with E-state index < -0.39 is 5.82 Å². The lowest BCUT2D eigenvalue weighted by molar-refractivity contribution is 0.0740. The third kappa shape index (κ3) is 5.30. The highest BCUT2D eigenvalue weighted by atomic mass is 32.1. The molecule has 2 N–H and O–H groups in total. The molecule has 1 rings (SSSR count). The summed E-state index contributed by atoms with van der Waals surface area (Å²) in [7, 11) is 0. The van der Waals surface area contributed by atoms with E-state index in [1.165, 1.54) is 12.3 Å². The number of nitrogens with zero attached hydrogens (tertiary/aromatic N) is 2. The quantitative estimate of drug-likeness (QED) is 0.811. The Kier molecular flexibility index (Phi) is 5.82. The third-order valence-corrected chi connectivity index (χ3v) is 2.66. The van der Waals surface area contributed by atoms with E-state index in [4.69, 9.17) is 18.0 Å². The Morgan fingerprint density at radius 3 is 2.74 bits per heavy atom.